The van der Waals surface area contributed by atoms with Gasteiger partial charge in [-0.3, -0.25) is 0 Å². The number of methoxy groups -OCH3 is 2. The van der Waals surface area contributed by atoms with Gasteiger partial charge in [0.25, 0.3) is 0 Å². The molecule has 1 aromatic heterocycles. The van der Waals surface area contributed by atoms with Crippen molar-refractivity contribution in [3.05, 3.63) is 39.6 Å². The van der Waals surface area contributed by atoms with Crippen LogP contribution in [0.1, 0.15) is 11.4 Å². The van der Waals surface area contributed by atoms with Crippen LogP contribution in [0.3, 0.4) is 0 Å². The van der Waals surface area contributed by atoms with Crippen molar-refractivity contribution < 1.29 is 9.47 Å². The van der Waals surface area contributed by atoms with Gasteiger partial charge in [-0.25, -0.2) is 0 Å². The van der Waals surface area contributed by atoms with Crippen molar-refractivity contribution in [3.8, 4) is 11.8 Å². The Bertz CT molecular complexity index is 613. The predicted octanol–water partition coefficient (Wildman–Crippen LogP) is 2.97. The minimum atomic E-state index is 0.332. The lowest BCUT2D eigenvalue weighted by Gasteiger charge is -2.09. The van der Waals surface area contributed by atoms with Crippen LogP contribution in [0, 0.1) is 0 Å². The molecule has 0 atom stereocenters. The van der Waals surface area contributed by atoms with Crippen molar-refractivity contribution in [2.75, 3.05) is 20.0 Å². The van der Waals surface area contributed by atoms with Crippen LogP contribution in [-0.2, 0) is 6.42 Å². The molecule has 0 saturated carbocycles. The fourth-order valence-electron chi connectivity index (χ4n) is 1.67. The monoisotopic (exact) mass is 313 g/mol. The molecule has 106 valence electrons. The largest absolute Gasteiger partial charge is 0.481 e. The van der Waals surface area contributed by atoms with Crippen LogP contribution < -0.4 is 15.2 Å². The van der Waals surface area contributed by atoms with Crippen LogP contribution in [0.15, 0.2) is 18.2 Å². The van der Waals surface area contributed by atoms with Crippen LogP contribution in [0.4, 0.5) is 5.69 Å². The summed E-state index contributed by atoms with van der Waals surface area (Å²) in [5.74, 6) is 1.36. The van der Waals surface area contributed by atoms with Crippen LogP contribution in [0.5, 0.6) is 11.8 Å². The van der Waals surface area contributed by atoms with Crippen molar-refractivity contribution in [2.45, 2.75) is 6.42 Å². The highest BCUT2D eigenvalue weighted by atomic mass is 35.5. The van der Waals surface area contributed by atoms with E-state index in [1.54, 1.807) is 18.2 Å². The number of nitrogens with two attached hydrogens (primary N) is 1. The van der Waals surface area contributed by atoms with Crippen molar-refractivity contribution in [3.63, 3.8) is 0 Å². The second-order valence-electron chi connectivity index (χ2n) is 3.98. The van der Waals surface area contributed by atoms with E-state index in [4.69, 9.17) is 38.4 Å². The zero-order valence-electron chi connectivity index (χ0n) is 11.0. The molecule has 1 aromatic carbocycles. The first kappa shape index (κ1) is 14.7. The van der Waals surface area contributed by atoms with Gasteiger partial charge >= 0.3 is 0 Å². The summed E-state index contributed by atoms with van der Waals surface area (Å²) >= 11 is 11.9. The molecule has 2 aromatic rings. The van der Waals surface area contributed by atoms with Gasteiger partial charge in [-0.15, -0.1) is 0 Å². The molecular formula is C13H13Cl2N3O2. The third-order valence-electron chi connectivity index (χ3n) is 2.72. The van der Waals surface area contributed by atoms with E-state index in [0.29, 0.717) is 39.7 Å². The molecule has 0 unspecified atom stereocenters. The number of benzene rings is 1. The molecule has 0 bridgehead atoms. The lowest BCUT2D eigenvalue weighted by molar-refractivity contribution is 0.369. The van der Waals surface area contributed by atoms with Crippen LogP contribution >= 0.6 is 23.2 Å². The number of aromatic nitrogens is 2. The molecule has 0 aliphatic heterocycles. The number of hydrogen-bond donors (Lipinski definition) is 1. The van der Waals surface area contributed by atoms with E-state index in [1.165, 1.54) is 14.2 Å². The quantitative estimate of drug-likeness (QED) is 0.879. The standard InChI is InChI=1S/C13H13Cl2N3O2/c1-19-10-6-11(20-2)18-9(17-10)5-7-3-4-8(14)12(15)13(7)16/h3-4,6H,5,16H2,1-2H3. The van der Waals surface area contributed by atoms with Gasteiger partial charge in [0.1, 0.15) is 5.82 Å². The minimum Gasteiger partial charge on any atom is -0.481 e. The maximum absolute atomic E-state index is 6.02. The summed E-state index contributed by atoms with van der Waals surface area (Å²) in [6, 6.07) is 5.08. The van der Waals surface area contributed by atoms with E-state index in [2.05, 4.69) is 9.97 Å². The Balaban J connectivity index is 2.37. The highest BCUT2D eigenvalue weighted by Crippen LogP contribution is 2.31. The summed E-state index contributed by atoms with van der Waals surface area (Å²) < 4.78 is 10.2. The number of nitrogens with zero attached hydrogens (tertiary/aromatic N) is 2. The molecule has 0 aliphatic rings. The lowest BCUT2D eigenvalue weighted by atomic mass is 10.1. The highest BCUT2D eigenvalue weighted by molar-refractivity contribution is 6.43. The SMILES string of the molecule is COc1cc(OC)nc(Cc2ccc(Cl)c(Cl)c2N)n1. The van der Waals surface area contributed by atoms with Crippen LogP contribution in [0.2, 0.25) is 10.0 Å². The zero-order valence-corrected chi connectivity index (χ0v) is 12.5. The van der Waals surface area contributed by atoms with Crippen LogP contribution in [-0.4, -0.2) is 24.2 Å². The Hall–Kier alpha value is -1.72. The Morgan fingerprint density at radius 2 is 1.70 bits per heavy atom. The topological polar surface area (TPSA) is 70.3 Å². The van der Waals surface area contributed by atoms with Gasteiger partial charge in [-0.2, -0.15) is 9.97 Å². The minimum absolute atomic E-state index is 0.332. The smallest absolute Gasteiger partial charge is 0.220 e. The number of anilines is 1. The van der Waals surface area contributed by atoms with E-state index in [0.717, 1.165) is 5.56 Å². The molecule has 0 amide bonds. The number of rotatable bonds is 4. The average Bonchev–Trinajstić information content (AvgIpc) is 2.47. The number of halogens is 2. The van der Waals surface area contributed by atoms with Crippen molar-refractivity contribution >= 4 is 28.9 Å². The predicted molar refractivity (Wildman–Crippen MR) is 78.8 cm³/mol. The molecule has 0 fully saturated rings. The van der Waals surface area contributed by atoms with E-state index >= 15 is 0 Å². The van der Waals surface area contributed by atoms with Gasteiger partial charge in [0, 0.05) is 6.42 Å². The Morgan fingerprint density at radius 1 is 1.10 bits per heavy atom. The second kappa shape index (κ2) is 6.15. The van der Waals surface area contributed by atoms with Gasteiger partial charge in [0.15, 0.2) is 0 Å². The van der Waals surface area contributed by atoms with Crippen molar-refractivity contribution in [1.82, 2.24) is 9.97 Å². The van der Waals surface area contributed by atoms with Gasteiger partial charge in [-0.05, 0) is 11.6 Å². The first-order chi connectivity index (χ1) is 9.55. The summed E-state index contributed by atoms with van der Waals surface area (Å²) in [6.07, 6.45) is 0.399. The lowest BCUT2D eigenvalue weighted by Crippen LogP contribution is -2.03. The molecule has 2 rings (SSSR count). The molecule has 5 nitrogen and oxygen atoms in total. The maximum Gasteiger partial charge on any atom is 0.220 e. The first-order valence-corrected chi connectivity index (χ1v) is 6.49. The number of nitrogen functional groups attached to an aromatic ring is 1. The Kier molecular flexibility index (Phi) is 4.52. The van der Waals surface area contributed by atoms with E-state index < -0.39 is 0 Å². The van der Waals surface area contributed by atoms with E-state index in [-0.39, 0.29) is 0 Å². The summed E-state index contributed by atoms with van der Waals surface area (Å²) in [5, 5.41) is 0.746. The van der Waals surface area contributed by atoms with Gasteiger partial charge in [-0.1, -0.05) is 29.3 Å². The molecule has 0 spiro atoms. The van der Waals surface area contributed by atoms with Crippen molar-refractivity contribution in [1.29, 1.82) is 0 Å². The summed E-state index contributed by atoms with van der Waals surface area (Å²) in [6.45, 7) is 0. The number of ether oxygens (including phenoxy) is 2. The fraction of sp³-hybridized carbons (Fsp3) is 0.231. The molecule has 0 radical (unpaired) electrons. The molecular weight excluding hydrogens is 301 g/mol. The fourth-order valence-corrected chi connectivity index (χ4v) is 2.02. The zero-order chi connectivity index (χ0) is 14.7. The summed E-state index contributed by atoms with van der Waals surface area (Å²) in [4.78, 5) is 8.49. The number of hydrogen-bond acceptors (Lipinski definition) is 5. The molecule has 7 heteroatoms. The van der Waals surface area contributed by atoms with Gasteiger partial charge < -0.3 is 15.2 Å². The maximum atomic E-state index is 6.02. The molecule has 2 N–H and O–H groups in total. The van der Waals surface area contributed by atoms with E-state index in [9.17, 15) is 0 Å². The van der Waals surface area contributed by atoms with Crippen molar-refractivity contribution in [2.24, 2.45) is 0 Å². The third kappa shape index (κ3) is 3.05. The first-order valence-electron chi connectivity index (χ1n) is 5.73. The van der Waals surface area contributed by atoms with Crippen LogP contribution in [0.25, 0.3) is 0 Å². The average molecular weight is 314 g/mol. The highest BCUT2D eigenvalue weighted by Gasteiger charge is 2.11. The molecule has 20 heavy (non-hydrogen) atoms. The molecule has 1 heterocycles. The molecule has 0 saturated heterocycles. The second-order valence-corrected chi connectivity index (χ2v) is 4.77. The summed E-state index contributed by atoms with van der Waals surface area (Å²) in [5.41, 5.74) is 7.15. The van der Waals surface area contributed by atoms with Gasteiger partial charge in [0.05, 0.1) is 36.0 Å². The Morgan fingerprint density at radius 3 is 2.25 bits per heavy atom. The van der Waals surface area contributed by atoms with Gasteiger partial charge in [0.2, 0.25) is 11.8 Å². The Labute approximate surface area is 126 Å². The normalized spacial score (nSPS) is 10.4. The third-order valence-corrected chi connectivity index (χ3v) is 3.53. The summed E-state index contributed by atoms with van der Waals surface area (Å²) in [7, 11) is 3.05. The molecule has 0 aliphatic carbocycles. The van der Waals surface area contributed by atoms with E-state index in [1.807, 2.05) is 0 Å².